The Labute approximate surface area is 99.6 Å². The van der Waals surface area contributed by atoms with E-state index in [2.05, 4.69) is 0 Å². The molecule has 3 nitrogen and oxygen atoms in total. The van der Waals surface area contributed by atoms with E-state index in [1.165, 1.54) is 0 Å². The van der Waals surface area contributed by atoms with Crippen LogP contribution in [0.15, 0.2) is 30.3 Å². The quantitative estimate of drug-likeness (QED) is 0.881. The van der Waals surface area contributed by atoms with E-state index in [0.29, 0.717) is 5.75 Å². The zero-order chi connectivity index (χ0) is 12.4. The number of rotatable bonds is 3. The van der Waals surface area contributed by atoms with Gasteiger partial charge in [-0.2, -0.15) is 0 Å². The van der Waals surface area contributed by atoms with Crippen LogP contribution in [0.3, 0.4) is 0 Å². The van der Waals surface area contributed by atoms with Gasteiger partial charge in [-0.3, -0.25) is 4.79 Å². The molecule has 0 spiro atoms. The topological polar surface area (TPSA) is 46.5 Å². The first-order valence-corrected chi connectivity index (χ1v) is 5.40. The fourth-order valence-corrected chi connectivity index (χ4v) is 2.10. The van der Waals surface area contributed by atoms with Crippen molar-refractivity contribution in [3.8, 4) is 5.75 Å². The minimum absolute atomic E-state index is 0.0238. The molecule has 0 saturated carbocycles. The van der Waals surface area contributed by atoms with E-state index in [-0.39, 0.29) is 6.42 Å². The predicted molar refractivity (Wildman–Crippen MR) is 66.6 cm³/mol. The minimum Gasteiger partial charge on any atom is -0.496 e. The molecule has 17 heavy (non-hydrogen) atoms. The normalized spacial score (nSPS) is 10.5. The standard InChI is InChI=1S/C14H14O3/c1-9-7-13(17-2)12(8-14(15)16)11-6-4-3-5-10(9)11/h3-7H,8H2,1-2H3,(H,15,16). The Kier molecular flexibility index (Phi) is 3.00. The first kappa shape index (κ1) is 11.5. The average molecular weight is 230 g/mol. The Bertz CT molecular complexity index is 573. The van der Waals surface area contributed by atoms with Crippen molar-refractivity contribution < 1.29 is 14.6 Å². The smallest absolute Gasteiger partial charge is 0.307 e. The van der Waals surface area contributed by atoms with Crippen LogP contribution in [0.4, 0.5) is 0 Å². The molecule has 0 radical (unpaired) electrons. The monoisotopic (exact) mass is 230 g/mol. The summed E-state index contributed by atoms with van der Waals surface area (Å²) in [4.78, 5) is 10.9. The predicted octanol–water partition coefficient (Wildman–Crippen LogP) is 2.78. The highest BCUT2D eigenvalue weighted by atomic mass is 16.5. The van der Waals surface area contributed by atoms with Gasteiger partial charge in [-0.25, -0.2) is 0 Å². The molecule has 0 amide bonds. The van der Waals surface area contributed by atoms with Crippen molar-refractivity contribution in [2.75, 3.05) is 7.11 Å². The number of ether oxygens (including phenoxy) is 1. The highest BCUT2D eigenvalue weighted by molar-refractivity contribution is 5.93. The summed E-state index contributed by atoms with van der Waals surface area (Å²) in [7, 11) is 1.56. The fourth-order valence-electron chi connectivity index (χ4n) is 2.10. The largest absolute Gasteiger partial charge is 0.496 e. The van der Waals surface area contributed by atoms with Crippen LogP contribution >= 0.6 is 0 Å². The van der Waals surface area contributed by atoms with Crippen LogP contribution in [0.1, 0.15) is 11.1 Å². The summed E-state index contributed by atoms with van der Waals surface area (Å²) in [5, 5.41) is 11.0. The maximum Gasteiger partial charge on any atom is 0.307 e. The van der Waals surface area contributed by atoms with Crippen molar-refractivity contribution in [3.63, 3.8) is 0 Å². The molecule has 2 aromatic rings. The molecule has 0 aliphatic carbocycles. The Balaban J connectivity index is 2.76. The Morgan fingerprint density at radius 3 is 2.53 bits per heavy atom. The van der Waals surface area contributed by atoms with E-state index in [1.54, 1.807) is 7.11 Å². The van der Waals surface area contributed by atoms with Crippen molar-refractivity contribution in [1.82, 2.24) is 0 Å². The summed E-state index contributed by atoms with van der Waals surface area (Å²) in [5.41, 5.74) is 1.83. The number of methoxy groups -OCH3 is 1. The van der Waals surface area contributed by atoms with Gasteiger partial charge in [-0.05, 0) is 29.3 Å². The molecule has 1 N–H and O–H groups in total. The molecule has 0 saturated heterocycles. The van der Waals surface area contributed by atoms with Crippen molar-refractivity contribution in [2.45, 2.75) is 13.3 Å². The van der Waals surface area contributed by atoms with E-state index in [9.17, 15) is 4.79 Å². The maximum absolute atomic E-state index is 10.9. The van der Waals surface area contributed by atoms with E-state index in [0.717, 1.165) is 21.9 Å². The summed E-state index contributed by atoms with van der Waals surface area (Å²) in [6.45, 7) is 2.00. The molecule has 88 valence electrons. The minimum atomic E-state index is -0.850. The second-order valence-electron chi connectivity index (χ2n) is 3.99. The van der Waals surface area contributed by atoms with Gasteiger partial charge in [0.2, 0.25) is 0 Å². The molecule has 0 aliphatic rings. The average Bonchev–Trinajstić information content (AvgIpc) is 2.32. The van der Waals surface area contributed by atoms with E-state index < -0.39 is 5.97 Å². The fraction of sp³-hybridized carbons (Fsp3) is 0.214. The summed E-state index contributed by atoms with van der Waals surface area (Å²) >= 11 is 0. The lowest BCUT2D eigenvalue weighted by atomic mass is 9.97. The number of carboxylic acids is 1. The maximum atomic E-state index is 10.9. The van der Waals surface area contributed by atoms with Crippen molar-refractivity contribution in [1.29, 1.82) is 0 Å². The lowest BCUT2D eigenvalue weighted by Gasteiger charge is -2.12. The Morgan fingerprint density at radius 2 is 1.94 bits per heavy atom. The summed E-state index contributed by atoms with van der Waals surface area (Å²) in [5.74, 6) is -0.207. The summed E-state index contributed by atoms with van der Waals surface area (Å²) in [6, 6.07) is 9.68. The number of carbonyl (C=O) groups is 1. The molecule has 3 heteroatoms. The molecule has 0 aromatic heterocycles. The Morgan fingerprint density at radius 1 is 1.29 bits per heavy atom. The second-order valence-corrected chi connectivity index (χ2v) is 3.99. The number of hydrogen-bond acceptors (Lipinski definition) is 2. The molecule has 2 aromatic carbocycles. The molecule has 0 unspecified atom stereocenters. The Hall–Kier alpha value is -2.03. The van der Waals surface area contributed by atoms with Crippen LogP contribution in [0, 0.1) is 6.92 Å². The van der Waals surface area contributed by atoms with Gasteiger partial charge in [-0.15, -0.1) is 0 Å². The first-order valence-electron chi connectivity index (χ1n) is 5.40. The SMILES string of the molecule is COc1cc(C)c2ccccc2c1CC(=O)O. The van der Waals surface area contributed by atoms with Crippen LogP contribution < -0.4 is 4.74 Å². The highest BCUT2D eigenvalue weighted by Gasteiger charge is 2.13. The molecular weight excluding hydrogens is 216 g/mol. The molecule has 0 fully saturated rings. The van der Waals surface area contributed by atoms with Gasteiger partial charge < -0.3 is 9.84 Å². The van der Waals surface area contributed by atoms with Gasteiger partial charge in [0.25, 0.3) is 0 Å². The van der Waals surface area contributed by atoms with Gasteiger partial charge in [-0.1, -0.05) is 24.3 Å². The zero-order valence-corrected chi connectivity index (χ0v) is 9.86. The third-order valence-electron chi connectivity index (χ3n) is 2.87. The van der Waals surface area contributed by atoms with Gasteiger partial charge in [0.05, 0.1) is 13.5 Å². The van der Waals surface area contributed by atoms with Gasteiger partial charge in [0.15, 0.2) is 0 Å². The van der Waals surface area contributed by atoms with Crippen LogP contribution in [-0.4, -0.2) is 18.2 Å². The number of benzene rings is 2. The van der Waals surface area contributed by atoms with Crippen LogP contribution in [-0.2, 0) is 11.2 Å². The third kappa shape index (κ3) is 2.09. The molecular formula is C14H14O3. The van der Waals surface area contributed by atoms with E-state index >= 15 is 0 Å². The summed E-state index contributed by atoms with van der Waals surface area (Å²) < 4.78 is 5.27. The van der Waals surface area contributed by atoms with Gasteiger partial charge in [0.1, 0.15) is 5.75 Å². The first-order chi connectivity index (χ1) is 8.13. The lowest BCUT2D eigenvalue weighted by Crippen LogP contribution is -2.03. The van der Waals surface area contributed by atoms with Crippen LogP contribution in [0.25, 0.3) is 10.8 Å². The van der Waals surface area contributed by atoms with Crippen LogP contribution in [0.2, 0.25) is 0 Å². The molecule has 2 rings (SSSR count). The number of hydrogen-bond donors (Lipinski definition) is 1. The third-order valence-corrected chi connectivity index (χ3v) is 2.87. The number of aryl methyl sites for hydroxylation is 1. The second kappa shape index (κ2) is 4.45. The van der Waals surface area contributed by atoms with Crippen LogP contribution in [0.5, 0.6) is 5.75 Å². The van der Waals surface area contributed by atoms with E-state index in [4.69, 9.17) is 9.84 Å². The van der Waals surface area contributed by atoms with Crippen molar-refractivity contribution >= 4 is 16.7 Å². The molecule has 0 aliphatic heterocycles. The molecule has 0 heterocycles. The lowest BCUT2D eigenvalue weighted by molar-refractivity contribution is -0.136. The van der Waals surface area contributed by atoms with E-state index in [1.807, 2.05) is 37.3 Å². The molecule has 0 bridgehead atoms. The zero-order valence-electron chi connectivity index (χ0n) is 9.86. The number of carboxylic acid groups (broad SMARTS) is 1. The van der Waals surface area contributed by atoms with Gasteiger partial charge >= 0.3 is 5.97 Å². The van der Waals surface area contributed by atoms with Crippen molar-refractivity contribution in [3.05, 3.63) is 41.5 Å². The highest BCUT2D eigenvalue weighted by Crippen LogP contribution is 2.31. The molecule has 0 atom stereocenters. The van der Waals surface area contributed by atoms with Gasteiger partial charge in [0, 0.05) is 5.56 Å². The number of fused-ring (bicyclic) bond motifs is 1. The number of aliphatic carboxylic acids is 1. The van der Waals surface area contributed by atoms with Crippen molar-refractivity contribution in [2.24, 2.45) is 0 Å². The summed E-state index contributed by atoms with van der Waals surface area (Å²) in [6.07, 6.45) is -0.0238.